The molecule has 2 aromatic carbocycles. The van der Waals surface area contributed by atoms with Crippen LogP contribution in [0.25, 0.3) is 21.8 Å². The molecule has 0 radical (unpaired) electrons. The Morgan fingerprint density at radius 1 is 0.696 bits per heavy atom. The molecule has 2 aromatic heterocycles. The van der Waals surface area contributed by atoms with E-state index in [-0.39, 0.29) is 11.5 Å². The Balaban J connectivity index is 0.000000136. The molecule has 114 valence electrons. The summed E-state index contributed by atoms with van der Waals surface area (Å²) in [5, 5.41) is 20.8. The third kappa shape index (κ3) is 3.24. The van der Waals surface area contributed by atoms with E-state index in [1.54, 1.807) is 30.6 Å². The number of aromatic nitrogens is 2. The number of halogens is 1. The number of phenolic OH excluding ortho intramolecular Hbond substituents is 2. The molecule has 4 rings (SSSR count). The smallest absolute Gasteiger partial charge is 0.156 e. The number of fused-ring (bicyclic) bond motifs is 2. The molecule has 0 unspecified atom stereocenters. The number of phenols is 2. The van der Waals surface area contributed by atoms with E-state index in [9.17, 15) is 10.2 Å². The lowest BCUT2D eigenvalue weighted by molar-refractivity contribution is 0.477. The second-order valence-electron chi connectivity index (χ2n) is 4.82. The zero-order valence-corrected chi connectivity index (χ0v) is 13.6. The summed E-state index contributed by atoms with van der Waals surface area (Å²) >= 11 is 3.23. The zero-order valence-electron chi connectivity index (χ0n) is 12.0. The number of aromatic hydroxyl groups is 2. The van der Waals surface area contributed by atoms with Gasteiger partial charge in [0.1, 0.15) is 16.8 Å². The second-order valence-corrected chi connectivity index (χ2v) is 5.68. The van der Waals surface area contributed by atoms with Gasteiger partial charge in [-0.05, 0) is 40.2 Å². The highest BCUT2D eigenvalue weighted by molar-refractivity contribution is 9.10. The lowest BCUT2D eigenvalue weighted by atomic mass is 10.2. The quantitative estimate of drug-likeness (QED) is 0.474. The fraction of sp³-hybridized carbons (Fsp3) is 0. The van der Waals surface area contributed by atoms with Gasteiger partial charge in [-0.3, -0.25) is 9.97 Å². The molecular weight excluding hydrogens is 356 g/mol. The summed E-state index contributed by atoms with van der Waals surface area (Å²) < 4.78 is 0.675. The van der Waals surface area contributed by atoms with E-state index < -0.39 is 0 Å². The molecule has 0 aliphatic heterocycles. The summed E-state index contributed by atoms with van der Waals surface area (Å²) in [6, 6.07) is 16.6. The van der Waals surface area contributed by atoms with Gasteiger partial charge < -0.3 is 10.2 Å². The summed E-state index contributed by atoms with van der Waals surface area (Å²) in [6.07, 6.45) is 3.33. The highest BCUT2D eigenvalue weighted by Gasteiger charge is 2.03. The van der Waals surface area contributed by atoms with Crippen LogP contribution in [-0.2, 0) is 0 Å². The number of hydrogen-bond donors (Lipinski definition) is 2. The van der Waals surface area contributed by atoms with Crippen molar-refractivity contribution >= 4 is 37.7 Å². The van der Waals surface area contributed by atoms with E-state index in [2.05, 4.69) is 25.9 Å². The second kappa shape index (κ2) is 6.62. The van der Waals surface area contributed by atoms with Crippen LogP contribution >= 0.6 is 15.9 Å². The predicted molar refractivity (Wildman–Crippen MR) is 94.5 cm³/mol. The summed E-state index contributed by atoms with van der Waals surface area (Å²) in [5.74, 6) is 0.441. The highest BCUT2D eigenvalue weighted by atomic mass is 79.9. The summed E-state index contributed by atoms with van der Waals surface area (Å²) in [4.78, 5) is 8.09. The Morgan fingerprint density at radius 2 is 1.30 bits per heavy atom. The number of rotatable bonds is 0. The molecule has 2 N–H and O–H groups in total. The molecule has 0 saturated carbocycles. The van der Waals surface area contributed by atoms with Gasteiger partial charge >= 0.3 is 0 Å². The molecule has 0 atom stereocenters. The number of benzene rings is 2. The lowest BCUT2D eigenvalue weighted by Gasteiger charge is -2.00. The topological polar surface area (TPSA) is 66.2 Å². The molecule has 0 aliphatic carbocycles. The molecule has 4 aromatic rings. The number of pyridine rings is 2. The van der Waals surface area contributed by atoms with Crippen LogP contribution in [0.1, 0.15) is 0 Å². The van der Waals surface area contributed by atoms with Gasteiger partial charge in [0.2, 0.25) is 0 Å². The maximum Gasteiger partial charge on any atom is 0.156 e. The van der Waals surface area contributed by atoms with Gasteiger partial charge in [0, 0.05) is 23.2 Å². The molecule has 0 amide bonds. The summed E-state index contributed by atoms with van der Waals surface area (Å²) in [7, 11) is 0. The van der Waals surface area contributed by atoms with Crippen molar-refractivity contribution < 1.29 is 10.2 Å². The Kier molecular flexibility index (Phi) is 4.39. The molecular formula is C18H13BrN2O2. The van der Waals surface area contributed by atoms with Crippen LogP contribution in [0.2, 0.25) is 0 Å². The third-order valence-electron chi connectivity index (χ3n) is 3.31. The molecule has 23 heavy (non-hydrogen) atoms. The molecule has 2 heterocycles. The first kappa shape index (κ1) is 15.2. The third-order valence-corrected chi connectivity index (χ3v) is 3.95. The standard InChI is InChI=1S/C9H6BrNO.C9H7NO/c10-7-4-3-6-2-1-5-11-8(6)9(7)12;11-8-5-1-3-7-4-2-6-10-9(7)8/h1-5,12H;1-6,11H. The monoisotopic (exact) mass is 368 g/mol. The van der Waals surface area contributed by atoms with Gasteiger partial charge in [0.05, 0.1) is 4.47 Å². The average Bonchev–Trinajstić information content (AvgIpc) is 2.60. The van der Waals surface area contributed by atoms with Gasteiger partial charge in [-0.15, -0.1) is 0 Å². The van der Waals surface area contributed by atoms with Crippen LogP contribution < -0.4 is 0 Å². The van der Waals surface area contributed by atoms with Gasteiger partial charge in [0.25, 0.3) is 0 Å². The van der Waals surface area contributed by atoms with Crippen LogP contribution in [-0.4, -0.2) is 20.2 Å². The van der Waals surface area contributed by atoms with E-state index in [1.807, 2.05) is 36.4 Å². The van der Waals surface area contributed by atoms with Crippen molar-refractivity contribution in [2.75, 3.05) is 0 Å². The van der Waals surface area contributed by atoms with Crippen molar-refractivity contribution in [2.45, 2.75) is 0 Å². The van der Waals surface area contributed by atoms with Crippen molar-refractivity contribution in [1.29, 1.82) is 0 Å². The fourth-order valence-electron chi connectivity index (χ4n) is 2.19. The Labute approximate surface area is 141 Å². The van der Waals surface area contributed by atoms with Crippen molar-refractivity contribution in [1.82, 2.24) is 9.97 Å². The Hall–Kier alpha value is -2.66. The summed E-state index contributed by atoms with van der Waals surface area (Å²) in [6.45, 7) is 0. The lowest BCUT2D eigenvalue weighted by Crippen LogP contribution is -1.78. The molecule has 0 fully saturated rings. The van der Waals surface area contributed by atoms with Gasteiger partial charge in [0.15, 0.2) is 5.75 Å². The van der Waals surface area contributed by atoms with Gasteiger partial charge in [-0.25, -0.2) is 0 Å². The average molecular weight is 369 g/mol. The zero-order chi connectivity index (χ0) is 16.2. The first-order valence-electron chi connectivity index (χ1n) is 6.92. The van der Waals surface area contributed by atoms with E-state index in [4.69, 9.17) is 0 Å². The van der Waals surface area contributed by atoms with Crippen molar-refractivity contribution in [3.63, 3.8) is 0 Å². The largest absolute Gasteiger partial charge is 0.506 e. The van der Waals surface area contributed by atoms with Crippen LogP contribution in [0.5, 0.6) is 11.5 Å². The summed E-state index contributed by atoms with van der Waals surface area (Å²) in [5.41, 5.74) is 1.29. The van der Waals surface area contributed by atoms with Crippen LogP contribution in [0.15, 0.2) is 71.5 Å². The molecule has 0 saturated heterocycles. The van der Waals surface area contributed by atoms with Crippen molar-refractivity contribution in [3.05, 3.63) is 71.5 Å². The minimum absolute atomic E-state index is 0.202. The van der Waals surface area contributed by atoms with E-state index in [0.717, 1.165) is 10.8 Å². The van der Waals surface area contributed by atoms with E-state index in [0.29, 0.717) is 15.5 Å². The van der Waals surface area contributed by atoms with Gasteiger partial charge in [-0.1, -0.05) is 30.3 Å². The van der Waals surface area contributed by atoms with Crippen molar-refractivity contribution in [2.24, 2.45) is 0 Å². The molecule has 0 aliphatic rings. The van der Waals surface area contributed by atoms with E-state index >= 15 is 0 Å². The normalized spacial score (nSPS) is 10.3. The minimum atomic E-state index is 0.202. The molecule has 0 spiro atoms. The van der Waals surface area contributed by atoms with Crippen LogP contribution in [0.4, 0.5) is 0 Å². The molecule has 0 bridgehead atoms. The fourth-order valence-corrected chi connectivity index (χ4v) is 2.51. The first-order valence-corrected chi connectivity index (χ1v) is 7.71. The van der Waals surface area contributed by atoms with E-state index in [1.165, 1.54) is 0 Å². The first-order chi connectivity index (χ1) is 11.2. The maximum atomic E-state index is 9.55. The highest BCUT2D eigenvalue weighted by Crippen LogP contribution is 2.30. The van der Waals surface area contributed by atoms with Crippen LogP contribution in [0, 0.1) is 0 Å². The molecule has 5 heteroatoms. The SMILES string of the molecule is Oc1c(Br)ccc2cccnc12.Oc1cccc2cccnc12. The minimum Gasteiger partial charge on any atom is -0.506 e. The van der Waals surface area contributed by atoms with Crippen LogP contribution in [0.3, 0.4) is 0 Å². The number of nitrogens with zero attached hydrogens (tertiary/aromatic N) is 2. The van der Waals surface area contributed by atoms with Crippen molar-refractivity contribution in [3.8, 4) is 11.5 Å². The number of hydrogen-bond acceptors (Lipinski definition) is 4. The predicted octanol–water partition coefficient (Wildman–Crippen LogP) is 4.64. The molecule has 4 nitrogen and oxygen atoms in total. The Bertz CT molecular complexity index is 968. The Morgan fingerprint density at radius 3 is 2.00 bits per heavy atom. The maximum absolute atomic E-state index is 9.55. The number of para-hydroxylation sites is 1. The van der Waals surface area contributed by atoms with Gasteiger partial charge in [-0.2, -0.15) is 0 Å².